The van der Waals surface area contributed by atoms with Crippen LogP contribution in [0.4, 0.5) is 0 Å². The lowest BCUT2D eigenvalue weighted by atomic mass is 9.98. The van der Waals surface area contributed by atoms with E-state index in [1.807, 2.05) is 22.7 Å². The molecule has 0 radical (unpaired) electrons. The van der Waals surface area contributed by atoms with Crippen LogP contribution in [-0.4, -0.2) is 4.98 Å². The lowest BCUT2D eigenvalue weighted by molar-refractivity contribution is 1.59. The molecule has 29 heavy (non-hydrogen) atoms. The van der Waals surface area contributed by atoms with Gasteiger partial charge in [-0.3, -0.25) is 0 Å². The maximum Gasteiger partial charge on any atom is 0.0652 e. The minimum Gasteiger partial charge on any atom is -0.353 e. The Morgan fingerprint density at radius 2 is 1.24 bits per heavy atom. The summed E-state index contributed by atoms with van der Waals surface area (Å²) in [6.07, 6.45) is 0. The van der Waals surface area contributed by atoms with Crippen LogP contribution in [-0.2, 0) is 0 Å². The van der Waals surface area contributed by atoms with Crippen LogP contribution in [0.5, 0.6) is 0 Å². The van der Waals surface area contributed by atoms with Crippen molar-refractivity contribution in [3.63, 3.8) is 0 Å². The first-order valence-corrected chi connectivity index (χ1v) is 11.4. The Morgan fingerprint density at radius 1 is 0.552 bits per heavy atom. The summed E-state index contributed by atoms with van der Waals surface area (Å²) in [5.41, 5.74) is 2.54. The highest BCUT2D eigenvalue weighted by atomic mass is 32.1. The Bertz CT molecular complexity index is 1910. The number of benzene rings is 5. The molecule has 134 valence electrons. The summed E-state index contributed by atoms with van der Waals surface area (Å²) < 4.78 is 5.49. The number of rotatable bonds is 0. The minimum absolute atomic E-state index is 1.25. The van der Waals surface area contributed by atoms with Gasteiger partial charge in [-0.05, 0) is 29.7 Å². The predicted molar refractivity (Wildman–Crippen MR) is 130 cm³/mol. The molecule has 3 aromatic heterocycles. The molecule has 0 bridgehead atoms. The van der Waals surface area contributed by atoms with Gasteiger partial charge in [0, 0.05) is 57.3 Å². The number of nitrogens with one attached hydrogen (secondary N) is 1. The van der Waals surface area contributed by atoms with Gasteiger partial charge in [-0.2, -0.15) is 0 Å². The number of hydrogen-bond donors (Lipinski definition) is 1. The minimum atomic E-state index is 1.25. The Balaban J connectivity index is 1.68. The average Bonchev–Trinajstić information content (AvgIpc) is 3.43. The summed E-state index contributed by atoms with van der Waals surface area (Å²) in [6, 6.07) is 26.9. The Kier molecular flexibility index (Phi) is 2.49. The van der Waals surface area contributed by atoms with Crippen molar-refractivity contribution >= 4 is 95.6 Å². The van der Waals surface area contributed by atoms with E-state index in [4.69, 9.17) is 0 Å². The monoisotopic (exact) mass is 403 g/mol. The Hall–Kier alpha value is -3.14. The van der Waals surface area contributed by atoms with E-state index < -0.39 is 0 Å². The molecule has 8 aromatic rings. The summed E-state index contributed by atoms with van der Waals surface area (Å²) in [5, 5.41) is 10.9. The third-order valence-corrected chi connectivity index (χ3v) is 8.77. The molecule has 1 nitrogen and oxygen atoms in total. The van der Waals surface area contributed by atoms with Crippen molar-refractivity contribution in [3.05, 3.63) is 72.8 Å². The van der Waals surface area contributed by atoms with E-state index in [0.29, 0.717) is 0 Å². The highest BCUT2D eigenvalue weighted by Gasteiger charge is 2.19. The molecular formula is C26H13NS2. The first kappa shape index (κ1) is 14.8. The van der Waals surface area contributed by atoms with Gasteiger partial charge in [0.1, 0.15) is 0 Å². The van der Waals surface area contributed by atoms with Gasteiger partial charge in [0.25, 0.3) is 0 Å². The van der Waals surface area contributed by atoms with E-state index >= 15 is 0 Å². The van der Waals surface area contributed by atoms with Crippen LogP contribution in [0, 0.1) is 0 Å². The van der Waals surface area contributed by atoms with Gasteiger partial charge in [-0.1, -0.05) is 48.5 Å². The molecule has 3 heterocycles. The lowest BCUT2D eigenvalue weighted by Gasteiger charge is -2.04. The SMILES string of the molecule is c1ccc2c(c1)sc1c2cc2[nH]c3c4sc5ccccc5c4cc4ccc1c2c43. The molecule has 0 aliphatic carbocycles. The summed E-state index contributed by atoms with van der Waals surface area (Å²) in [5.74, 6) is 0. The molecule has 0 saturated carbocycles. The van der Waals surface area contributed by atoms with Crippen molar-refractivity contribution in [1.82, 2.24) is 4.98 Å². The molecule has 3 heteroatoms. The Labute approximate surface area is 173 Å². The van der Waals surface area contributed by atoms with Crippen molar-refractivity contribution in [1.29, 1.82) is 0 Å². The van der Waals surface area contributed by atoms with Crippen LogP contribution in [0.25, 0.3) is 72.9 Å². The van der Waals surface area contributed by atoms with Crippen LogP contribution in [0.15, 0.2) is 72.8 Å². The molecule has 0 amide bonds. The second-order valence-corrected chi connectivity index (χ2v) is 9.94. The van der Waals surface area contributed by atoms with E-state index in [-0.39, 0.29) is 0 Å². The highest BCUT2D eigenvalue weighted by molar-refractivity contribution is 7.27. The van der Waals surface area contributed by atoms with Gasteiger partial charge in [0.05, 0.1) is 10.2 Å². The van der Waals surface area contributed by atoms with E-state index in [0.717, 1.165) is 0 Å². The number of fused-ring (bicyclic) bond motifs is 8. The fourth-order valence-electron chi connectivity index (χ4n) is 5.12. The molecule has 5 aromatic carbocycles. The quantitative estimate of drug-likeness (QED) is 0.244. The van der Waals surface area contributed by atoms with Crippen molar-refractivity contribution in [3.8, 4) is 0 Å². The summed E-state index contributed by atoms with van der Waals surface area (Å²) >= 11 is 3.82. The number of aromatic nitrogens is 1. The Morgan fingerprint density at radius 3 is 2.03 bits per heavy atom. The molecule has 0 atom stereocenters. The second-order valence-electron chi connectivity index (χ2n) is 7.84. The maximum atomic E-state index is 3.83. The van der Waals surface area contributed by atoms with Crippen LogP contribution in [0.2, 0.25) is 0 Å². The molecule has 0 unspecified atom stereocenters. The van der Waals surface area contributed by atoms with Gasteiger partial charge in [-0.25, -0.2) is 0 Å². The average molecular weight is 404 g/mol. The molecule has 0 fully saturated rings. The predicted octanol–water partition coefficient (Wildman–Crippen LogP) is 8.65. The van der Waals surface area contributed by atoms with E-state index in [1.54, 1.807) is 0 Å². The zero-order valence-corrected chi connectivity index (χ0v) is 16.9. The molecular weight excluding hydrogens is 390 g/mol. The molecule has 0 spiro atoms. The topological polar surface area (TPSA) is 15.8 Å². The second kappa shape index (κ2) is 4.88. The van der Waals surface area contributed by atoms with E-state index in [9.17, 15) is 0 Å². The van der Waals surface area contributed by atoms with Crippen LogP contribution < -0.4 is 0 Å². The zero-order valence-electron chi connectivity index (χ0n) is 15.2. The first-order valence-electron chi connectivity index (χ1n) is 9.79. The molecule has 1 N–H and O–H groups in total. The number of H-pyrrole nitrogens is 1. The molecule has 8 rings (SSSR count). The fraction of sp³-hybridized carbons (Fsp3) is 0. The van der Waals surface area contributed by atoms with Crippen molar-refractivity contribution in [2.24, 2.45) is 0 Å². The number of aromatic amines is 1. The summed E-state index contributed by atoms with van der Waals surface area (Å²) in [7, 11) is 0. The standard InChI is InChI=1S/C26H13NS2/c1-4-8-21-14(5-1)17-11-13-9-10-16-23-19(27-24(22(13)23)26(17)29-21)12-18-15-6-2-3-7-20(15)28-25(16)18/h1-12,27H. The van der Waals surface area contributed by atoms with Gasteiger partial charge < -0.3 is 4.98 Å². The van der Waals surface area contributed by atoms with E-state index in [1.165, 1.54) is 72.9 Å². The zero-order chi connectivity index (χ0) is 18.7. The molecule has 0 aliphatic rings. The van der Waals surface area contributed by atoms with Gasteiger partial charge >= 0.3 is 0 Å². The number of hydrogen-bond acceptors (Lipinski definition) is 2. The fourth-order valence-corrected chi connectivity index (χ4v) is 7.52. The first-order chi connectivity index (χ1) is 14.4. The van der Waals surface area contributed by atoms with Crippen LogP contribution in [0.3, 0.4) is 0 Å². The normalized spacial score (nSPS) is 12.8. The molecule has 0 aliphatic heterocycles. The van der Waals surface area contributed by atoms with Crippen LogP contribution in [0.1, 0.15) is 0 Å². The third-order valence-electron chi connectivity index (χ3n) is 6.34. The van der Waals surface area contributed by atoms with Crippen molar-refractivity contribution in [2.75, 3.05) is 0 Å². The smallest absolute Gasteiger partial charge is 0.0652 e. The number of thiophene rings is 2. The lowest BCUT2D eigenvalue weighted by Crippen LogP contribution is -1.77. The third kappa shape index (κ3) is 1.68. The largest absolute Gasteiger partial charge is 0.353 e. The van der Waals surface area contributed by atoms with Gasteiger partial charge in [0.15, 0.2) is 0 Å². The molecule has 0 saturated heterocycles. The van der Waals surface area contributed by atoms with Crippen molar-refractivity contribution in [2.45, 2.75) is 0 Å². The highest BCUT2D eigenvalue weighted by Crippen LogP contribution is 2.47. The van der Waals surface area contributed by atoms with E-state index in [2.05, 4.69) is 77.8 Å². The van der Waals surface area contributed by atoms with Gasteiger partial charge in [-0.15, -0.1) is 22.7 Å². The van der Waals surface area contributed by atoms with Crippen LogP contribution >= 0.6 is 22.7 Å². The van der Waals surface area contributed by atoms with Crippen molar-refractivity contribution < 1.29 is 0 Å². The van der Waals surface area contributed by atoms with Gasteiger partial charge in [0.2, 0.25) is 0 Å². The maximum absolute atomic E-state index is 3.83. The summed E-state index contributed by atoms with van der Waals surface area (Å²) in [4.78, 5) is 3.83. The summed E-state index contributed by atoms with van der Waals surface area (Å²) in [6.45, 7) is 0.